The third-order valence-corrected chi connectivity index (χ3v) is 7.41. The van der Waals surface area contributed by atoms with Crippen molar-refractivity contribution in [3.05, 3.63) is 16.0 Å². The molecule has 2 aliphatic heterocycles. The second-order valence-corrected chi connectivity index (χ2v) is 8.80. The van der Waals surface area contributed by atoms with Gasteiger partial charge in [-0.05, 0) is 25.3 Å². The molecule has 2 fully saturated rings. The van der Waals surface area contributed by atoms with Gasteiger partial charge in [-0.1, -0.05) is 0 Å². The van der Waals surface area contributed by atoms with Crippen molar-refractivity contribution in [2.24, 2.45) is 0 Å². The number of ether oxygens (including phenoxy) is 1. The Balaban J connectivity index is 1.63. The monoisotopic (exact) mass is 418 g/mol. The summed E-state index contributed by atoms with van der Waals surface area (Å²) in [6.07, 6.45) is -3.90. The van der Waals surface area contributed by atoms with Crippen LogP contribution in [-0.2, 0) is 17.8 Å². The van der Waals surface area contributed by atoms with E-state index in [0.29, 0.717) is 39.3 Å². The predicted octanol–water partition coefficient (Wildman–Crippen LogP) is 2.90. The number of hydrogen-bond acceptors (Lipinski definition) is 5. The van der Waals surface area contributed by atoms with E-state index in [2.05, 4.69) is 5.32 Å². The normalized spacial score (nSPS) is 21.8. The van der Waals surface area contributed by atoms with E-state index in [1.54, 1.807) is 28.2 Å². The van der Waals surface area contributed by atoms with Crippen LogP contribution < -0.4 is 10.2 Å². The van der Waals surface area contributed by atoms with Crippen LogP contribution in [0.25, 0.3) is 0 Å². The lowest BCUT2D eigenvalue weighted by molar-refractivity contribution is -0.198. The minimum atomic E-state index is -4.22. The molecular formula is C18H25F3N4O2S. The van der Waals surface area contributed by atoms with Gasteiger partial charge in [-0.2, -0.15) is 13.2 Å². The maximum absolute atomic E-state index is 13.7. The predicted molar refractivity (Wildman–Crippen MR) is 101 cm³/mol. The molecule has 0 aromatic carbocycles. The number of amides is 2. The molecule has 28 heavy (non-hydrogen) atoms. The van der Waals surface area contributed by atoms with Crippen LogP contribution in [0.1, 0.15) is 28.8 Å². The van der Waals surface area contributed by atoms with Crippen molar-refractivity contribution in [1.29, 1.82) is 0 Å². The van der Waals surface area contributed by atoms with E-state index in [4.69, 9.17) is 4.74 Å². The van der Waals surface area contributed by atoms with Crippen molar-refractivity contribution in [2.45, 2.75) is 44.6 Å². The Labute approximate surface area is 166 Å². The Bertz CT molecular complexity index is 763. The Morgan fingerprint density at radius 3 is 2.61 bits per heavy atom. The maximum Gasteiger partial charge on any atom is 0.406 e. The molecule has 3 aliphatic rings. The van der Waals surface area contributed by atoms with E-state index >= 15 is 0 Å². The Morgan fingerprint density at radius 1 is 1.29 bits per heavy atom. The average molecular weight is 418 g/mol. The number of carbonyl (C=O) groups is 1. The van der Waals surface area contributed by atoms with E-state index in [9.17, 15) is 18.0 Å². The number of urea groups is 1. The fourth-order valence-electron chi connectivity index (χ4n) is 4.08. The summed E-state index contributed by atoms with van der Waals surface area (Å²) in [5.74, 6) is 0. The molecule has 0 atom stereocenters. The van der Waals surface area contributed by atoms with Crippen molar-refractivity contribution in [3.63, 3.8) is 0 Å². The number of alkyl halides is 3. The number of anilines is 1. The van der Waals surface area contributed by atoms with Crippen LogP contribution >= 0.6 is 11.3 Å². The summed E-state index contributed by atoms with van der Waals surface area (Å²) in [7, 11) is 1.60. The topological polar surface area (TPSA) is 48.1 Å². The highest BCUT2D eigenvalue weighted by Crippen LogP contribution is 2.56. The summed E-state index contributed by atoms with van der Waals surface area (Å²) >= 11 is 1.59. The lowest BCUT2D eigenvalue weighted by atomic mass is 10.1. The van der Waals surface area contributed by atoms with E-state index in [1.165, 1.54) is 0 Å². The summed E-state index contributed by atoms with van der Waals surface area (Å²) in [5, 5.41) is 3.80. The number of carbonyl (C=O) groups excluding carboxylic acids is 1. The second kappa shape index (κ2) is 7.07. The highest BCUT2D eigenvalue weighted by atomic mass is 32.1. The highest BCUT2D eigenvalue weighted by molar-refractivity contribution is 7.16. The zero-order chi connectivity index (χ0) is 20.1. The van der Waals surface area contributed by atoms with Gasteiger partial charge in [-0.15, -0.1) is 11.3 Å². The zero-order valence-corrected chi connectivity index (χ0v) is 16.9. The number of methoxy groups -OCH3 is 1. The Morgan fingerprint density at radius 2 is 2.04 bits per heavy atom. The first-order chi connectivity index (χ1) is 13.3. The van der Waals surface area contributed by atoms with Gasteiger partial charge in [0.25, 0.3) is 0 Å². The number of nitrogens with one attached hydrogen (secondary N) is 1. The van der Waals surface area contributed by atoms with Crippen LogP contribution in [0.4, 0.5) is 23.0 Å². The third-order valence-electron chi connectivity index (χ3n) is 6.03. The first kappa shape index (κ1) is 19.8. The van der Waals surface area contributed by atoms with Crippen molar-refractivity contribution >= 4 is 22.4 Å². The number of halogens is 3. The van der Waals surface area contributed by atoms with Crippen LogP contribution in [0.3, 0.4) is 0 Å². The zero-order valence-electron chi connectivity index (χ0n) is 16.1. The summed E-state index contributed by atoms with van der Waals surface area (Å²) < 4.78 is 46.3. The van der Waals surface area contributed by atoms with E-state index < -0.39 is 11.7 Å². The molecule has 1 aromatic heterocycles. The quantitative estimate of drug-likeness (QED) is 0.772. The van der Waals surface area contributed by atoms with Gasteiger partial charge in [0.05, 0.1) is 24.8 Å². The molecule has 6 nitrogen and oxygen atoms in total. The van der Waals surface area contributed by atoms with Crippen molar-refractivity contribution < 1.29 is 22.7 Å². The van der Waals surface area contributed by atoms with E-state index in [-0.39, 0.29) is 25.5 Å². The molecule has 0 radical (unpaired) electrons. The summed E-state index contributed by atoms with van der Waals surface area (Å²) in [5.41, 5.74) is 0.265. The van der Waals surface area contributed by atoms with Gasteiger partial charge in [-0.3, -0.25) is 4.90 Å². The first-order valence-corrected chi connectivity index (χ1v) is 10.3. The molecule has 1 aliphatic carbocycles. The van der Waals surface area contributed by atoms with Crippen molar-refractivity contribution in [2.75, 3.05) is 44.9 Å². The number of nitrogens with zero attached hydrogens (tertiary/aromatic N) is 3. The summed E-state index contributed by atoms with van der Waals surface area (Å²) in [4.78, 5) is 18.3. The van der Waals surface area contributed by atoms with Crippen molar-refractivity contribution in [3.8, 4) is 0 Å². The van der Waals surface area contributed by atoms with Crippen LogP contribution in [0, 0.1) is 6.92 Å². The summed E-state index contributed by atoms with van der Waals surface area (Å²) in [6.45, 7) is 5.28. The lowest BCUT2D eigenvalue weighted by Crippen LogP contribution is -2.54. The standard InChI is InChI=1S/C18H25F3N4O2S/c1-12-13-9-25(17(3-4-17)18(19,20)21)11-24(7-8-27-2)15(13)28-14(12)10-23-6-5-22-16(23)26/h3-11H2,1-2H3,(H,22,26). The minimum absolute atomic E-state index is 0.0855. The fourth-order valence-corrected chi connectivity index (χ4v) is 5.43. The first-order valence-electron chi connectivity index (χ1n) is 9.46. The maximum atomic E-state index is 13.7. The molecule has 10 heteroatoms. The highest BCUT2D eigenvalue weighted by Gasteiger charge is 2.67. The number of fused-ring (bicyclic) bond motifs is 1. The molecule has 2 amide bonds. The van der Waals surface area contributed by atoms with Crippen LogP contribution in [-0.4, -0.2) is 67.6 Å². The molecule has 1 saturated carbocycles. The largest absolute Gasteiger partial charge is 0.406 e. The van der Waals surface area contributed by atoms with E-state index in [0.717, 1.165) is 21.0 Å². The second-order valence-electron chi connectivity index (χ2n) is 7.71. The number of rotatable bonds is 6. The van der Waals surface area contributed by atoms with Gasteiger partial charge < -0.3 is 19.9 Å². The third kappa shape index (κ3) is 3.25. The average Bonchev–Trinajstić information content (AvgIpc) is 3.30. The Kier molecular flexibility index (Phi) is 4.99. The van der Waals surface area contributed by atoms with Gasteiger partial charge in [0.15, 0.2) is 0 Å². The minimum Gasteiger partial charge on any atom is -0.383 e. The molecule has 0 bridgehead atoms. The molecule has 1 saturated heterocycles. The van der Waals surface area contributed by atoms with Gasteiger partial charge in [-0.25, -0.2) is 4.79 Å². The Hall–Kier alpha value is -1.52. The molecular weight excluding hydrogens is 393 g/mol. The summed E-state index contributed by atoms with van der Waals surface area (Å²) in [6, 6.07) is -0.0855. The van der Waals surface area contributed by atoms with Crippen LogP contribution in [0.15, 0.2) is 0 Å². The molecule has 4 rings (SSSR count). The van der Waals surface area contributed by atoms with Gasteiger partial charge >= 0.3 is 12.2 Å². The molecule has 0 unspecified atom stereocenters. The smallest absolute Gasteiger partial charge is 0.383 e. The molecule has 1 aromatic rings. The van der Waals surface area contributed by atoms with Crippen LogP contribution in [0.5, 0.6) is 0 Å². The fraction of sp³-hybridized carbons (Fsp3) is 0.722. The van der Waals surface area contributed by atoms with Crippen molar-refractivity contribution in [1.82, 2.24) is 15.1 Å². The molecule has 0 spiro atoms. The number of hydrogen-bond donors (Lipinski definition) is 1. The SMILES string of the molecule is COCCN1CN(C2(C(F)(F)F)CC2)Cc2c1sc(CN1CCNC1=O)c2C. The molecule has 3 heterocycles. The van der Waals surface area contributed by atoms with Gasteiger partial charge in [0, 0.05) is 43.7 Å². The lowest BCUT2D eigenvalue weighted by Gasteiger charge is -2.42. The molecule has 1 N–H and O–H groups in total. The van der Waals surface area contributed by atoms with E-state index in [1.807, 2.05) is 11.8 Å². The van der Waals surface area contributed by atoms with Crippen LogP contribution in [0.2, 0.25) is 0 Å². The number of thiophene rings is 1. The van der Waals surface area contributed by atoms with Gasteiger partial charge in [0.2, 0.25) is 0 Å². The molecule has 156 valence electrons. The van der Waals surface area contributed by atoms with Gasteiger partial charge in [0.1, 0.15) is 5.54 Å².